The fourth-order valence-corrected chi connectivity index (χ4v) is 1.13. The van der Waals surface area contributed by atoms with Gasteiger partial charge >= 0.3 is 21.7 Å². The van der Waals surface area contributed by atoms with Crippen LogP contribution in [0.1, 0.15) is 42.0 Å². The van der Waals surface area contributed by atoms with Crippen LogP contribution in [0.15, 0.2) is 6.07 Å². The largest absolute Gasteiger partial charge is 3.00 e. The molecule has 0 nitrogen and oxygen atoms in total. The molecule has 0 aromatic heterocycles. The molecule has 1 rings (SSSR count). The van der Waals surface area contributed by atoms with E-state index in [9.17, 15) is 0 Å². The van der Waals surface area contributed by atoms with Crippen molar-refractivity contribution >= 4 is 0 Å². The summed E-state index contributed by atoms with van der Waals surface area (Å²) in [6, 6.07) is 2.24. The zero-order chi connectivity index (χ0) is 10.4. The van der Waals surface area contributed by atoms with Crippen molar-refractivity contribution in [2.45, 2.75) is 47.5 Å². The topological polar surface area (TPSA) is 0 Å². The van der Waals surface area contributed by atoms with Gasteiger partial charge in [0.1, 0.15) is 0 Å². The summed E-state index contributed by atoms with van der Waals surface area (Å²) in [5, 5.41) is 0. The monoisotopic (exact) mass is 331 g/mol. The van der Waals surface area contributed by atoms with E-state index in [2.05, 4.69) is 47.6 Å². The third kappa shape index (κ3) is 11.7. The second-order valence-electron chi connectivity index (χ2n) is 3.61. The summed E-state index contributed by atoms with van der Waals surface area (Å²) in [6.07, 6.45) is 2.28. The summed E-state index contributed by atoms with van der Waals surface area (Å²) in [7, 11) is 0. The molecule has 101 valence electrons. The summed E-state index contributed by atoms with van der Waals surface area (Å²) < 4.78 is 0. The van der Waals surface area contributed by atoms with Gasteiger partial charge in [-0.2, -0.15) is 34.7 Å². The fraction of sp³-hybridized carbons (Fsp3) is 0.538. The smallest absolute Gasteiger partial charge is 1.00 e. The molecule has 0 saturated heterocycles. The Hall–Kier alpha value is 0.934. The average molecular weight is 333 g/mol. The first-order valence-corrected chi connectivity index (χ1v) is 5.03. The van der Waals surface area contributed by atoms with Crippen molar-refractivity contribution in [1.29, 1.82) is 0 Å². The van der Waals surface area contributed by atoms with Crippen molar-refractivity contribution in [3.63, 3.8) is 0 Å². The molecule has 0 fully saturated rings. The number of rotatable bonds is 1. The van der Waals surface area contributed by atoms with E-state index in [4.69, 9.17) is 0 Å². The Morgan fingerprint density at radius 2 is 1.12 bits per heavy atom. The van der Waals surface area contributed by atoms with Gasteiger partial charge < -0.3 is 44.1 Å². The van der Waals surface area contributed by atoms with Crippen LogP contribution in [-0.2, 0) is 21.7 Å². The van der Waals surface area contributed by atoms with Crippen LogP contribution in [0.5, 0.6) is 0 Å². The van der Waals surface area contributed by atoms with Gasteiger partial charge in [0.15, 0.2) is 0 Å². The minimum absolute atomic E-state index is 0. The molecule has 1 aromatic rings. The third-order valence-corrected chi connectivity index (χ3v) is 2.53. The number of hydrogen-bond acceptors (Lipinski definition) is 0. The van der Waals surface area contributed by atoms with Crippen LogP contribution in [-0.4, -0.2) is 0 Å². The maximum Gasteiger partial charge on any atom is 3.00 e. The minimum Gasteiger partial charge on any atom is -1.00 e. The van der Waals surface area contributed by atoms with E-state index in [1.54, 1.807) is 0 Å². The molecule has 4 heteroatoms. The van der Waals surface area contributed by atoms with Gasteiger partial charge in [-0.1, -0.05) is 41.0 Å². The quantitative estimate of drug-likeness (QED) is 0.358. The molecular formula is C13H22Cl3Ti-2. The van der Waals surface area contributed by atoms with E-state index in [0.717, 1.165) is 6.42 Å². The van der Waals surface area contributed by atoms with Crippen LogP contribution in [0, 0.1) is 34.6 Å². The number of hydrogen-bond donors (Lipinski definition) is 0. The Labute approximate surface area is 141 Å². The summed E-state index contributed by atoms with van der Waals surface area (Å²) >= 11 is 0. The van der Waals surface area contributed by atoms with Crippen molar-refractivity contribution in [3.8, 4) is 0 Å². The summed E-state index contributed by atoms with van der Waals surface area (Å²) in [4.78, 5) is 0. The van der Waals surface area contributed by atoms with Crippen LogP contribution in [0.25, 0.3) is 0 Å². The van der Waals surface area contributed by atoms with E-state index in [-0.39, 0.29) is 58.9 Å². The van der Waals surface area contributed by atoms with E-state index < -0.39 is 0 Å². The van der Waals surface area contributed by atoms with Crippen LogP contribution in [0.2, 0.25) is 0 Å². The maximum atomic E-state index is 3.60. The molecule has 1 aromatic carbocycles. The molecule has 0 heterocycles. The molecule has 0 N–H and O–H groups in total. The van der Waals surface area contributed by atoms with Gasteiger partial charge in [-0.3, -0.25) is 0 Å². The number of halogens is 3. The van der Waals surface area contributed by atoms with Crippen molar-refractivity contribution < 1.29 is 58.9 Å². The summed E-state index contributed by atoms with van der Waals surface area (Å²) in [5.41, 5.74) is 5.75. The standard InChI is InChI=1S/C9H13.C4H9.3ClH.Ti/c1-6-5-7(2)9(4)8(6)3;1-3-4-2;;;;/h5H,1-4H3;1,3-4H2,2H3;3*1H;/q2*-1;;;;+3/p-3. The Bertz CT molecular complexity index is 233. The molecule has 0 aliphatic heterocycles. The maximum absolute atomic E-state index is 3.60. The molecule has 0 aliphatic carbocycles. The van der Waals surface area contributed by atoms with Gasteiger partial charge in [0.05, 0.1) is 0 Å². The Morgan fingerprint density at radius 1 is 0.882 bits per heavy atom. The van der Waals surface area contributed by atoms with Crippen LogP contribution in [0.3, 0.4) is 0 Å². The number of unbranched alkanes of at least 4 members (excludes halogenated alkanes) is 1. The van der Waals surface area contributed by atoms with Crippen molar-refractivity contribution in [1.82, 2.24) is 0 Å². The second kappa shape index (κ2) is 16.9. The van der Waals surface area contributed by atoms with Gasteiger partial charge in [-0.15, -0.1) is 0 Å². The van der Waals surface area contributed by atoms with Gasteiger partial charge in [0.25, 0.3) is 0 Å². The first kappa shape index (κ1) is 30.7. The van der Waals surface area contributed by atoms with Gasteiger partial charge in [-0.25, -0.2) is 0 Å². The van der Waals surface area contributed by atoms with Gasteiger partial charge in [-0.05, 0) is 0 Å². The average Bonchev–Trinajstić information content (AvgIpc) is 2.34. The van der Waals surface area contributed by atoms with Crippen molar-refractivity contribution in [2.75, 3.05) is 0 Å². The first-order chi connectivity index (χ1) is 6.04. The second-order valence-corrected chi connectivity index (χ2v) is 3.61. The van der Waals surface area contributed by atoms with E-state index >= 15 is 0 Å². The van der Waals surface area contributed by atoms with Gasteiger partial charge in [0, 0.05) is 0 Å². The van der Waals surface area contributed by atoms with Crippen molar-refractivity contribution in [2.24, 2.45) is 0 Å². The molecule has 0 unspecified atom stereocenters. The molecule has 0 atom stereocenters. The molecule has 0 aliphatic rings. The van der Waals surface area contributed by atoms with Crippen LogP contribution in [0.4, 0.5) is 0 Å². The van der Waals surface area contributed by atoms with Crippen LogP contribution >= 0.6 is 0 Å². The Balaban J connectivity index is -0.0000000542. The molecule has 1 radical (unpaired) electrons. The summed E-state index contributed by atoms with van der Waals surface area (Å²) in [6.45, 7) is 14.4. The Kier molecular flexibility index (Phi) is 30.6. The molecule has 0 amide bonds. The normalized spacial score (nSPS) is 7.18. The SMILES string of the molecule is Cc1[cH-]c(C)c(C)c1C.[CH2-]CCC.[Cl-].[Cl-].[Cl-].[Ti+3]. The minimum atomic E-state index is 0. The predicted molar refractivity (Wildman–Crippen MR) is 61.2 cm³/mol. The predicted octanol–water partition coefficient (Wildman–Crippen LogP) is -4.73. The zero-order valence-corrected chi connectivity index (χ0v) is 15.2. The molecule has 17 heavy (non-hydrogen) atoms. The van der Waals surface area contributed by atoms with Crippen LogP contribution < -0.4 is 37.2 Å². The zero-order valence-electron chi connectivity index (χ0n) is 11.3. The molecule has 0 saturated carbocycles. The fourth-order valence-electron chi connectivity index (χ4n) is 1.13. The molecule has 0 bridgehead atoms. The number of aryl methyl sites for hydroxylation is 2. The van der Waals surface area contributed by atoms with E-state index in [1.165, 1.54) is 28.7 Å². The molecular weight excluding hydrogens is 310 g/mol. The Morgan fingerprint density at radius 3 is 1.18 bits per heavy atom. The van der Waals surface area contributed by atoms with Crippen molar-refractivity contribution in [3.05, 3.63) is 35.2 Å². The van der Waals surface area contributed by atoms with E-state index in [0.29, 0.717) is 0 Å². The molecule has 0 spiro atoms. The third-order valence-electron chi connectivity index (χ3n) is 2.53. The van der Waals surface area contributed by atoms with Gasteiger partial charge in [0.2, 0.25) is 0 Å². The first-order valence-electron chi connectivity index (χ1n) is 5.03. The van der Waals surface area contributed by atoms with E-state index in [1.807, 2.05) is 0 Å². The summed E-state index contributed by atoms with van der Waals surface area (Å²) in [5.74, 6) is 0.